The van der Waals surface area contributed by atoms with E-state index >= 15 is 0 Å². The zero-order chi connectivity index (χ0) is 12.8. The fourth-order valence-electron chi connectivity index (χ4n) is 1.49. The lowest BCUT2D eigenvalue weighted by Crippen LogP contribution is -2.02. The minimum atomic E-state index is -0.889. The van der Waals surface area contributed by atoms with Gasteiger partial charge in [-0.25, -0.2) is 4.79 Å². The van der Waals surface area contributed by atoms with Crippen molar-refractivity contribution in [3.05, 3.63) is 34.9 Å². The van der Waals surface area contributed by atoms with Gasteiger partial charge in [-0.15, -0.1) is 0 Å². The molecule has 0 spiro atoms. The Kier molecular flexibility index (Phi) is 5.16. The van der Waals surface area contributed by atoms with E-state index in [1.165, 1.54) is 0 Å². The normalized spacial score (nSPS) is 10.8. The van der Waals surface area contributed by atoms with Crippen LogP contribution in [0.5, 0.6) is 0 Å². The molecule has 0 aromatic heterocycles. The monoisotopic (exact) mass is 236 g/mol. The van der Waals surface area contributed by atoms with Gasteiger partial charge in [0.05, 0.1) is 12.2 Å². The van der Waals surface area contributed by atoms with Gasteiger partial charge in [0.2, 0.25) is 0 Å². The lowest BCUT2D eigenvalue weighted by atomic mass is 10.1. The van der Waals surface area contributed by atoms with Gasteiger partial charge in [-0.05, 0) is 42.5 Å². The molecule has 0 atom stereocenters. The summed E-state index contributed by atoms with van der Waals surface area (Å²) >= 11 is 0. The maximum Gasteiger partial charge on any atom is 0.335 e. The van der Waals surface area contributed by atoms with E-state index in [4.69, 9.17) is 9.84 Å². The second-order valence-corrected chi connectivity index (χ2v) is 4.68. The number of carboxylic acids is 1. The highest BCUT2D eigenvalue weighted by atomic mass is 16.5. The topological polar surface area (TPSA) is 46.5 Å². The molecule has 0 aliphatic rings. The van der Waals surface area contributed by atoms with Gasteiger partial charge in [-0.1, -0.05) is 19.9 Å². The van der Waals surface area contributed by atoms with Crippen LogP contribution in [-0.4, -0.2) is 17.7 Å². The van der Waals surface area contributed by atoms with Crippen LogP contribution in [0.25, 0.3) is 0 Å². The molecule has 17 heavy (non-hydrogen) atoms. The van der Waals surface area contributed by atoms with Crippen LogP contribution >= 0.6 is 0 Å². The number of hydrogen-bond acceptors (Lipinski definition) is 2. The van der Waals surface area contributed by atoms with Gasteiger partial charge < -0.3 is 9.84 Å². The molecule has 0 radical (unpaired) electrons. The van der Waals surface area contributed by atoms with Gasteiger partial charge in [0, 0.05) is 6.61 Å². The van der Waals surface area contributed by atoms with Crippen LogP contribution in [0.1, 0.15) is 41.8 Å². The number of hydrogen-bond donors (Lipinski definition) is 1. The number of carboxylic acid groups (broad SMARTS) is 1. The first kappa shape index (κ1) is 13.7. The summed E-state index contributed by atoms with van der Waals surface area (Å²) in [6.07, 6.45) is 1.05. The Morgan fingerprint density at radius 1 is 1.41 bits per heavy atom. The average Bonchev–Trinajstić information content (AvgIpc) is 2.25. The summed E-state index contributed by atoms with van der Waals surface area (Å²) in [5, 5.41) is 8.84. The average molecular weight is 236 g/mol. The van der Waals surface area contributed by atoms with Crippen molar-refractivity contribution in [3.63, 3.8) is 0 Å². The molecule has 0 heterocycles. The van der Waals surface area contributed by atoms with Crippen molar-refractivity contribution in [2.24, 2.45) is 5.92 Å². The van der Waals surface area contributed by atoms with E-state index in [9.17, 15) is 4.79 Å². The van der Waals surface area contributed by atoms with Crippen molar-refractivity contribution in [1.29, 1.82) is 0 Å². The largest absolute Gasteiger partial charge is 0.478 e. The molecule has 1 rings (SSSR count). The predicted octanol–water partition coefficient (Wildman–Crippen LogP) is 3.26. The molecule has 0 saturated heterocycles. The lowest BCUT2D eigenvalue weighted by Gasteiger charge is -2.09. The first-order chi connectivity index (χ1) is 8.00. The molecule has 1 N–H and O–H groups in total. The standard InChI is InChI=1S/C14H20O3/c1-10(2)6-7-17-9-13-5-4-12(14(15)16)8-11(13)3/h4-5,8,10H,6-7,9H2,1-3H3,(H,15,16). The Bertz CT molecular complexity index is 383. The molecule has 3 heteroatoms. The quantitative estimate of drug-likeness (QED) is 0.771. The molecule has 0 saturated carbocycles. The van der Waals surface area contributed by atoms with E-state index in [2.05, 4.69) is 13.8 Å². The summed E-state index contributed by atoms with van der Waals surface area (Å²) in [6, 6.07) is 5.13. The molecular weight excluding hydrogens is 216 g/mol. The summed E-state index contributed by atoms with van der Waals surface area (Å²) in [5.74, 6) is -0.245. The van der Waals surface area contributed by atoms with Crippen molar-refractivity contribution in [1.82, 2.24) is 0 Å². The zero-order valence-corrected chi connectivity index (χ0v) is 10.7. The van der Waals surface area contributed by atoms with Gasteiger partial charge in [-0.3, -0.25) is 0 Å². The molecule has 0 unspecified atom stereocenters. The fraction of sp³-hybridized carbons (Fsp3) is 0.500. The van der Waals surface area contributed by atoms with Crippen molar-refractivity contribution >= 4 is 5.97 Å². The number of carbonyl (C=O) groups is 1. The molecular formula is C14H20O3. The Balaban J connectivity index is 2.52. The fourth-order valence-corrected chi connectivity index (χ4v) is 1.49. The van der Waals surface area contributed by atoms with Gasteiger partial charge in [-0.2, -0.15) is 0 Å². The van der Waals surface area contributed by atoms with Gasteiger partial charge >= 0.3 is 5.97 Å². The van der Waals surface area contributed by atoms with E-state index in [-0.39, 0.29) is 0 Å². The summed E-state index contributed by atoms with van der Waals surface area (Å²) in [5.41, 5.74) is 2.35. The van der Waals surface area contributed by atoms with E-state index < -0.39 is 5.97 Å². The smallest absolute Gasteiger partial charge is 0.335 e. The Labute approximate surface area is 102 Å². The first-order valence-corrected chi connectivity index (χ1v) is 5.91. The first-order valence-electron chi connectivity index (χ1n) is 5.91. The van der Waals surface area contributed by atoms with Crippen LogP contribution in [0.15, 0.2) is 18.2 Å². The van der Waals surface area contributed by atoms with Crippen LogP contribution in [-0.2, 0) is 11.3 Å². The van der Waals surface area contributed by atoms with Crippen LogP contribution in [0.3, 0.4) is 0 Å². The number of benzene rings is 1. The molecule has 1 aromatic carbocycles. The highest BCUT2D eigenvalue weighted by molar-refractivity contribution is 5.87. The molecule has 0 aliphatic heterocycles. The predicted molar refractivity (Wildman–Crippen MR) is 67.2 cm³/mol. The van der Waals surface area contributed by atoms with Crippen molar-refractivity contribution < 1.29 is 14.6 Å². The maximum atomic E-state index is 10.8. The molecule has 94 valence electrons. The number of aromatic carboxylic acids is 1. The molecule has 0 amide bonds. The van der Waals surface area contributed by atoms with Gasteiger partial charge in [0.1, 0.15) is 0 Å². The highest BCUT2D eigenvalue weighted by Gasteiger charge is 2.05. The zero-order valence-electron chi connectivity index (χ0n) is 10.7. The number of ether oxygens (including phenoxy) is 1. The summed E-state index contributed by atoms with van der Waals surface area (Å²) in [7, 11) is 0. The Morgan fingerprint density at radius 2 is 2.12 bits per heavy atom. The van der Waals surface area contributed by atoms with Crippen LogP contribution in [0.4, 0.5) is 0 Å². The van der Waals surface area contributed by atoms with Crippen LogP contribution in [0, 0.1) is 12.8 Å². The third-order valence-electron chi connectivity index (χ3n) is 2.69. The molecule has 0 fully saturated rings. The SMILES string of the molecule is Cc1cc(C(=O)O)ccc1COCCC(C)C. The number of aryl methyl sites for hydroxylation is 1. The Morgan fingerprint density at radius 3 is 2.65 bits per heavy atom. The number of rotatable bonds is 6. The van der Waals surface area contributed by atoms with Gasteiger partial charge in [0.25, 0.3) is 0 Å². The van der Waals surface area contributed by atoms with E-state index in [1.54, 1.807) is 12.1 Å². The van der Waals surface area contributed by atoms with E-state index in [1.807, 2.05) is 13.0 Å². The lowest BCUT2D eigenvalue weighted by molar-refractivity contribution is 0.0696. The van der Waals surface area contributed by atoms with Gasteiger partial charge in [0.15, 0.2) is 0 Å². The maximum absolute atomic E-state index is 10.8. The third kappa shape index (κ3) is 4.57. The van der Waals surface area contributed by atoms with Crippen LogP contribution < -0.4 is 0 Å². The van der Waals surface area contributed by atoms with Crippen molar-refractivity contribution in [2.75, 3.05) is 6.61 Å². The minimum absolute atomic E-state index is 0.327. The summed E-state index contributed by atoms with van der Waals surface area (Å²) < 4.78 is 5.56. The van der Waals surface area contributed by atoms with Crippen LogP contribution in [0.2, 0.25) is 0 Å². The summed E-state index contributed by atoms with van der Waals surface area (Å²) in [4.78, 5) is 10.8. The molecule has 1 aromatic rings. The molecule has 0 aliphatic carbocycles. The highest BCUT2D eigenvalue weighted by Crippen LogP contribution is 2.13. The Hall–Kier alpha value is -1.35. The summed E-state index contributed by atoms with van der Waals surface area (Å²) in [6.45, 7) is 7.54. The third-order valence-corrected chi connectivity index (χ3v) is 2.69. The second kappa shape index (κ2) is 6.40. The van der Waals surface area contributed by atoms with E-state index in [0.717, 1.165) is 24.2 Å². The molecule has 3 nitrogen and oxygen atoms in total. The molecule has 0 bridgehead atoms. The minimum Gasteiger partial charge on any atom is -0.478 e. The van der Waals surface area contributed by atoms with Crippen molar-refractivity contribution in [2.45, 2.75) is 33.8 Å². The van der Waals surface area contributed by atoms with E-state index in [0.29, 0.717) is 18.1 Å². The van der Waals surface area contributed by atoms with Crippen molar-refractivity contribution in [3.8, 4) is 0 Å². The second-order valence-electron chi connectivity index (χ2n) is 4.68.